The predicted octanol–water partition coefficient (Wildman–Crippen LogP) is 6.93. The first kappa shape index (κ1) is 55.0. The monoisotopic (exact) mass is 1030 g/mol. The standard InChI is InChI=1S/C53H90NO10.HI/c1-11-13-14-15-16-17-18-19-20-21-29-54(6,7)45-27-28-48(60-35(45)4)64-46-24-22-23-38(12-2)62-47(55)33-43-40-26-25-37-30-39(31-41(37)42(40)32-44(43)49(56)34(46)3)63-53-52(59-10)51(58-9)50(57-8)36(5)61-53;/h25-26,32,34-43,45-46,48,50-53H,11-24,27-31,33H2,1-10H3;1H/q+1;/p-1/t34-,35-,36+,37-,38+,39-,40-,41-,42-,43+,45+,46+,48+,50+,51-,52-,53+;/m1./s1. The zero-order valence-electron chi connectivity index (χ0n) is 42.1. The molecule has 65 heavy (non-hydrogen) atoms. The lowest BCUT2D eigenvalue weighted by Crippen LogP contribution is -3.00. The third kappa shape index (κ3) is 13.9. The number of rotatable bonds is 20. The van der Waals surface area contributed by atoms with Crippen molar-refractivity contribution in [3.63, 3.8) is 0 Å². The Morgan fingerprint density at radius 1 is 0.723 bits per heavy atom. The van der Waals surface area contributed by atoms with E-state index in [0.29, 0.717) is 18.4 Å². The van der Waals surface area contributed by atoms with Gasteiger partial charge in [0.2, 0.25) is 0 Å². The number of carbonyl (C=O) groups excluding carboxylic acids is 2. The summed E-state index contributed by atoms with van der Waals surface area (Å²) in [5.41, 5.74) is 0.776. The van der Waals surface area contributed by atoms with Crippen molar-refractivity contribution in [2.75, 3.05) is 42.0 Å². The van der Waals surface area contributed by atoms with Crippen molar-refractivity contribution in [3.8, 4) is 0 Å². The molecule has 4 fully saturated rings. The topological polar surface area (TPSA) is 108 Å². The van der Waals surface area contributed by atoms with Crippen LogP contribution in [-0.2, 0) is 47.5 Å². The van der Waals surface area contributed by atoms with Gasteiger partial charge in [-0.3, -0.25) is 9.59 Å². The molecule has 3 aliphatic carbocycles. The number of methoxy groups -OCH3 is 3. The first-order valence-electron chi connectivity index (χ1n) is 26.0. The Hall–Kier alpha value is -0.970. The van der Waals surface area contributed by atoms with E-state index >= 15 is 0 Å². The SMILES string of the molecule is CCCCCCCCCCCC[N+](C)(C)[C@H]1CC[C@H](O[C@H]2CCC[C@H](CC)OC(=O)C[C@@H]3C(=C[C@@H]4[C@H]3C=C[C@@H]3C[C@@H](O[C@@H]5O[C@@H](C)[C@H](OC)[C@@H](OC)[C@H]5OC)C[C@@H]43)C(=O)[C@@H]2C)O[C@@H]1C.[I-]. The number of ether oxygens (including phenoxy) is 8. The Morgan fingerprint density at radius 3 is 2.05 bits per heavy atom. The molecule has 0 radical (unpaired) electrons. The van der Waals surface area contributed by atoms with Crippen LogP contribution in [0.5, 0.6) is 0 Å². The van der Waals surface area contributed by atoms with Gasteiger partial charge in [-0.05, 0) is 94.5 Å². The lowest BCUT2D eigenvalue weighted by atomic mass is 9.70. The molecule has 1 saturated carbocycles. The second kappa shape index (κ2) is 26.3. The molecule has 0 spiro atoms. The van der Waals surface area contributed by atoms with E-state index in [1.807, 2.05) is 13.8 Å². The molecular weight excluding hydrogens is 937 g/mol. The average molecular weight is 1030 g/mol. The number of esters is 1. The molecule has 12 heteroatoms. The molecule has 0 amide bonds. The van der Waals surface area contributed by atoms with Crippen molar-refractivity contribution in [1.82, 2.24) is 0 Å². The summed E-state index contributed by atoms with van der Waals surface area (Å²) in [6, 6.07) is 0.407. The molecule has 0 aromatic carbocycles. The second-order valence-electron chi connectivity index (χ2n) is 21.2. The van der Waals surface area contributed by atoms with Crippen molar-refractivity contribution < 1.29 is 75.9 Å². The highest BCUT2D eigenvalue weighted by Crippen LogP contribution is 2.54. The predicted molar refractivity (Wildman–Crippen MR) is 249 cm³/mol. The molecule has 11 nitrogen and oxygen atoms in total. The largest absolute Gasteiger partial charge is 1.00 e. The van der Waals surface area contributed by atoms with Crippen LogP contribution in [0.3, 0.4) is 0 Å². The first-order chi connectivity index (χ1) is 30.8. The number of nitrogens with zero attached hydrogens (tertiary/aromatic N) is 1. The molecule has 0 unspecified atom stereocenters. The van der Waals surface area contributed by atoms with Gasteiger partial charge >= 0.3 is 5.97 Å². The molecule has 0 aromatic heterocycles. The summed E-state index contributed by atoms with van der Waals surface area (Å²) in [5.74, 6) is 0.0186. The molecule has 17 atom stereocenters. The van der Waals surface area contributed by atoms with Crippen LogP contribution in [0.25, 0.3) is 0 Å². The average Bonchev–Trinajstić information content (AvgIpc) is 3.85. The van der Waals surface area contributed by atoms with Gasteiger partial charge in [-0.2, -0.15) is 0 Å². The summed E-state index contributed by atoms with van der Waals surface area (Å²) >= 11 is 0. The van der Waals surface area contributed by atoms with E-state index in [0.717, 1.165) is 61.5 Å². The number of Topliss-reactive ketones (excluding diaryl/α,β-unsaturated/α-hetero) is 1. The fourth-order valence-corrected chi connectivity index (χ4v) is 12.8. The summed E-state index contributed by atoms with van der Waals surface area (Å²) in [5, 5.41) is 0. The van der Waals surface area contributed by atoms with Crippen LogP contribution in [0.15, 0.2) is 23.8 Å². The Morgan fingerprint density at radius 2 is 1.40 bits per heavy atom. The number of allylic oxidation sites excluding steroid dienone is 4. The van der Waals surface area contributed by atoms with Gasteiger partial charge in [0.1, 0.15) is 36.6 Å². The smallest absolute Gasteiger partial charge is 0.306 e. The highest BCUT2D eigenvalue weighted by molar-refractivity contribution is 5.99. The number of halogens is 1. The van der Waals surface area contributed by atoms with Crippen LogP contribution < -0.4 is 24.0 Å². The second-order valence-corrected chi connectivity index (χ2v) is 21.2. The van der Waals surface area contributed by atoms with E-state index in [1.165, 1.54) is 64.2 Å². The molecule has 3 heterocycles. The summed E-state index contributed by atoms with van der Waals surface area (Å²) in [6.45, 7) is 11.8. The quantitative estimate of drug-likeness (QED) is 0.0420. The third-order valence-electron chi connectivity index (χ3n) is 16.6. The molecule has 0 bridgehead atoms. The van der Waals surface area contributed by atoms with Crippen molar-refractivity contribution in [1.29, 1.82) is 0 Å². The number of carbonyl (C=O) groups is 2. The number of quaternary nitrogens is 1. The normalized spacial score (nSPS) is 39.0. The van der Waals surface area contributed by atoms with Crippen LogP contribution in [0, 0.1) is 35.5 Å². The van der Waals surface area contributed by atoms with Crippen molar-refractivity contribution in [3.05, 3.63) is 23.8 Å². The lowest BCUT2D eigenvalue weighted by Gasteiger charge is -2.45. The molecule has 3 saturated heterocycles. The minimum atomic E-state index is -0.597. The van der Waals surface area contributed by atoms with Crippen molar-refractivity contribution in [2.45, 2.75) is 224 Å². The van der Waals surface area contributed by atoms with E-state index in [1.54, 1.807) is 21.3 Å². The Kier molecular flexibility index (Phi) is 22.2. The highest BCUT2D eigenvalue weighted by Gasteiger charge is 2.53. The maximum absolute atomic E-state index is 14.9. The van der Waals surface area contributed by atoms with E-state index in [2.05, 4.69) is 53.1 Å². The molecule has 6 aliphatic rings. The number of ketones is 1. The number of hydrogen-bond donors (Lipinski definition) is 0. The summed E-state index contributed by atoms with van der Waals surface area (Å²) in [6.07, 6.45) is 24.5. The number of hydrogen-bond acceptors (Lipinski definition) is 10. The van der Waals surface area contributed by atoms with Gasteiger partial charge < -0.3 is 66.4 Å². The first-order valence-corrected chi connectivity index (χ1v) is 26.0. The van der Waals surface area contributed by atoms with Crippen LogP contribution in [0.2, 0.25) is 0 Å². The van der Waals surface area contributed by atoms with Gasteiger partial charge in [-0.25, -0.2) is 0 Å². The number of cyclic esters (lactones) is 1. The van der Waals surface area contributed by atoms with Crippen LogP contribution >= 0.6 is 0 Å². The Labute approximate surface area is 411 Å². The minimum absolute atomic E-state index is 0. The van der Waals surface area contributed by atoms with E-state index in [4.69, 9.17) is 37.9 Å². The van der Waals surface area contributed by atoms with E-state index < -0.39 is 12.4 Å². The van der Waals surface area contributed by atoms with Gasteiger partial charge in [0.25, 0.3) is 0 Å². The zero-order chi connectivity index (χ0) is 46.0. The minimum Gasteiger partial charge on any atom is -1.00 e. The number of likely N-dealkylation sites (N-methyl/N-ethyl adjacent to an activating group) is 1. The van der Waals surface area contributed by atoms with Gasteiger partial charge in [-0.1, -0.05) is 90.4 Å². The number of fused-ring (bicyclic) bond motifs is 5. The van der Waals surface area contributed by atoms with Gasteiger partial charge in [-0.15, -0.1) is 0 Å². The van der Waals surface area contributed by atoms with E-state index in [-0.39, 0.29) is 121 Å². The van der Waals surface area contributed by atoms with E-state index in [9.17, 15) is 9.59 Å². The molecule has 0 aromatic rings. The third-order valence-corrected chi connectivity index (χ3v) is 16.6. The van der Waals surface area contributed by atoms with Crippen molar-refractivity contribution in [2.24, 2.45) is 35.5 Å². The lowest BCUT2D eigenvalue weighted by molar-refractivity contribution is -0.920. The number of unbranched alkanes of at least 4 members (excludes halogenated alkanes) is 9. The summed E-state index contributed by atoms with van der Waals surface area (Å²) in [7, 11) is 9.75. The molecule has 0 N–H and O–H groups in total. The van der Waals surface area contributed by atoms with Crippen LogP contribution in [-0.4, -0.2) is 126 Å². The Bertz CT molecular complexity index is 1520. The molecular formula is C53H90INO10. The van der Waals surface area contributed by atoms with Crippen LogP contribution in [0.1, 0.15) is 157 Å². The fraction of sp³-hybridized carbons (Fsp3) is 0.887. The van der Waals surface area contributed by atoms with Gasteiger partial charge in [0, 0.05) is 46.0 Å². The van der Waals surface area contributed by atoms with Gasteiger partial charge in [0.15, 0.2) is 18.4 Å². The van der Waals surface area contributed by atoms with Crippen molar-refractivity contribution >= 4 is 11.8 Å². The van der Waals surface area contributed by atoms with Gasteiger partial charge in [0.05, 0.1) is 45.4 Å². The highest BCUT2D eigenvalue weighted by atomic mass is 127. The molecule has 374 valence electrons. The summed E-state index contributed by atoms with van der Waals surface area (Å²) < 4.78 is 51.4. The Balaban J connectivity index is 0.00000793. The summed E-state index contributed by atoms with van der Waals surface area (Å²) in [4.78, 5) is 28.6. The maximum Gasteiger partial charge on any atom is 0.306 e. The van der Waals surface area contributed by atoms with Crippen LogP contribution in [0.4, 0.5) is 0 Å². The molecule has 6 rings (SSSR count). The molecule has 3 aliphatic heterocycles. The zero-order valence-corrected chi connectivity index (χ0v) is 44.3. The maximum atomic E-state index is 14.9. The fourth-order valence-electron chi connectivity index (χ4n) is 12.8.